The molecule has 0 spiro atoms. The SMILES string of the molecule is CC1CC(C)CN(C(=O)NCC(C)N2CCOCC2)C1. The molecule has 0 aliphatic carbocycles. The summed E-state index contributed by atoms with van der Waals surface area (Å²) in [6.07, 6.45) is 1.23. The summed E-state index contributed by atoms with van der Waals surface area (Å²) < 4.78 is 5.36. The fourth-order valence-electron chi connectivity index (χ4n) is 3.32. The quantitative estimate of drug-likeness (QED) is 0.851. The number of ether oxygens (including phenoxy) is 1. The highest BCUT2D eigenvalue weighted by atomic mass is 16.5. The Morgan fingerprint density at radius 2 is 1.85 bits per heavy atom. The van der Waals surface area contributed by atoms with Crippen LogP contribution >= 0.6 is 0 Å². The fourth-order valence-corrected chi connectivity index (χ4v) is 3.32. The van der Waals surface area contributed by atoms with Gasteiger partial charge >= 0.3 is 6.03 Å². The van der Waals surface area contributed by atoms with Gasteiger partial charge in [0.15, 0.2) is 0 Å². The van der Waals surface area contributed by atoms with Crippen molar-refractivity contribution in [2.75, 3.05) is 45.9 Å². The number of urea groups is 1. The maximum atomic E-state index is 12.2. The third-order valence-electron chi connectivity index (χ3n) is 4.37. The Labute approximate surface area is 122 Å². The summed E-state index contributed by atoms with van der Waals surface area (Å²) >= 11 is 0. The van der Waals surface area contributed by atoms with Crippen LogP contribution in [0.2, 0.25) is 0 Å². The molecular formula is C15H29N3O2. The van der Waals surface area contributed by atoms with Gasteiger partial charge in [0.25, 0.3) is 0 Å². The summed E-state index contributed by atoms with van der Waals surface area (Å²) in [7, 11) is 0. The maximum Gasteiger partial charge on any atom is 0.317 e. The lowest BCUT2D eigenvalue weighted by molar-refractivity contribution is 0.0205. The van der Waals surface area contributed by atoms with Crippen molar-refractivity contribution in [2.45, 2.75) is 33.2 Å². The van der Waals surface area contributed by atoms with Crippen molar-refractivity contribution in [1.82, 2.24) is 15.1 Å². The van der Waals surface area contributed by atoms with E-state index in [1.807, 2.05) is 4.90 Å². The molecule has 2 heterocycles. The van der Waals surface area contributed by atoms with Crippen molar-refractivity contribution < 1.29 is 9.53 Å². The van der Waals surface area contributed by atoms with Gasteiger partial charge in [0.05, 0.1) is 13.2 Å². The number of nitrogens with one attached hydrogen (secondary N) is 1. The highest BCUT2D eigenvalue weighted by Crippen LogP contribution is 2.20. The molecule has 5 heteroatoms. The molecule has 3 atom stereocenters. The summed E-state index contributed by atoms with van der Waals surface area (Å²) in [6, 6.07) is 0.478. The summed E-state index contributed by atoms with van der Waals surface area (Å²) in [6.45, 7) is 12.7. The molecule has 2 amide bonds. The largest absolute Gasteiger partial charge is 0.379 e. The summed E-state index contributed by atoms with van der Waals surface area (Å²) in [5.41, 5.74) is 0. The van der Waals surface area contributed by atoms with Crippen molar-refractivity contribution in [3.63, 3.8) is 0 Å². The van der Waals surface area contributed by atoms with E-state index in [2.05, 4.69) is 31.0 Å². The van der Waals surface area contributed by atoms with Crippen molar-refractivity contribution in [1.29, 1.82) is 0 Å². The average Bonchev–Trinajstić information content (AvgIpc) is 2.44. The Hall–Kier alpha value is -0.810. The number of rotatable bonds is 3. The van der Waals surface area contributed by atoms with Gasteiger partial charge in [0, 0.05) is 38.8 Å². The number of hydrogen-bond acceptors (Lipinski definition) is 3. The first-order chi connectivity index (χ1) is 9.56. The third-order valence-corrected chi connectivity index (χ3v) is 4.37. The fraction of sp³-hybridized carbons (Fsp3) is 0.933. The molecule has 2 rings (SSSR count). The van der Waals surface area contributed by atoms with E-state index in [-0.39, 0.29) is 6.03 Å². The van der Waals surface area contributed by atoms with Crippen LogP contribution in [0.15, 0.2) is 0 Å². The van der Waals surface area contributed by atoms with Gasteiger partial charge in [-0.25, -0.2) is 4.79 Å². The van der Waals surface area contributed by atoms with E-state index in [9.17, 15) is 4.79 Å². The molecule has 5 nitrogen and oxygen atoms in total. The molecule has 2 fully saturated rings. The zero-order valence-corrected chi connectivity index (χ0v) is 13.1. The number of piperidine rings is 1. The van der Waals surface area contributed by atoms with Crippen molar-refractivity contribution in [3.8, 4) is 0 Å². The van der Waals surface area contributed by atoms with Crippen LogP contribution in [0.5, 0.6) is 0 Å². The Bertz CT molecular complexity index is 308. The third kappa shape index (κ3) is 4.35. The number of morpholine rings is 1. The average molecular weight is 283 g/mol. The lowest BCUT2D eigenvalue weighted by Crippen LogP contribution is -2.52. The van der Waals surface area contributed by atoms with Gasteiger partial charge in [-0.15, -0.1) is 0 Å². The Balaban J connectivity index is 1.73. The molecule has 2 aliphatic heterocycles. The van der Waals surface area contributed by atoms with Crippen LogP contribution in [0, 0.1) is 11.8 Å². The normalized spacial score (nSPS) is 30.1. The molecule has 20 heavy (non-hydrogen) atoms. The smallest absolute Gasteiger partial charge is 0.317 e. The number of nitrogens with zero attached hydrogens (tertiary/aromatic N) is 2. The van der Waals surface area contributed by atoms with Crippen molar-refractivity contribution >= 4 is 6.03 Å². The van der Waals surface area contributed by atoms with Gasteiger partial charge in [0.1, 0.15) is 0 Å². The second kappa shape index (κ2) is 7.27. The van der Waals surface area contributed by atoms with E-state index in [1.165, 1.54) is 6.42 Å². The van der Waals surface area contributed by atoms with Crippen LogP contribution in [0.25, 0.3) is 0 Å². The highest BCUT2D eigenvalue weighted by molar-refractivity contribution is 5.74. The van der Waals surface area contributed by atoms with Gasteiger partial charge in [-0.1, -0.05) is 13.8 Å². The molecule has 0 saturated carbocycles. The molecule has 2 aliphatic rings. The van der Waals surface area contributed by atoms with Gasteiger partial charge in [-0.2, -0.15) is 0 Å². The summed E-state index contributed by atoms with van der Waals surface area (Å²) in [5, 5.41) is 3.10. The zero-order valence-electron chi connectivity index (χ0n) is 13.1. The summed E-state index contributed by atoms with van der Waals surface area (Å²) in [4.78, 5) is 16.6. The van der Waals surface area contributed by atoms with Crippen LogP contribution in [0.4, 0.5) is 4.79 Å². The molecular weight excluding hydrogens is 254 g/mol. The molecule has 116 valence electrons. The lowest BCUT2D eigenvalue weighted by Gasteiger charge is -2.36. The van der Waals surface area contributed by atoms with Crippen LogP contribution in [-0.4, -0.2) is 67.8 Å². The number of carbonyl (C=O) groups excluding carboxylic acids is 1. The summed E-state index contributed by atoms with van der Waals surface area (Å²) in [5.74, 6) is 1.22. The van der Waals surface area contributed by atoms with Crippen LogP contribution in [0.1, 0.15) is 27.2 Å². The first-order valence-corrected chi connectivity index (χ1v) is 7.91. The minimum absolute atomic E-state index is 0.100. The molecule has 0 aromatic heterocycles. The van der Waals surface area contributed by atoms with E-state index < -0.39 is 0 Å². The van der Waals surface area contributed by atoms with Crippen molar-refractivity contribution in [2.24, 2.45) is 11.8 Å². The first kappa shape index (κ1) is 15.6. The minimum atomic E-state index is 0.100. The van der Waals surface area contributed by atoms with Crippen LogP contribution < -0.4 is 5.32 Å². The predicted octanol–water partition coefficient (Wildman–Crippen LogP) is 1.39. The van der Waals surface area contributed by atoms with E-state index in [1.54, 1.807) is 0 Å². The second-order valence-electron chi connectivity index (χ2n) is 6.53. The monoisotopic (exact) mass is 283 g/mol. The zero-order chi connectivity index (χ0) is 14.5. The Morgan fingerprint density at radius 3 is 2.45 bits per heavy atom. The van der Waals surface area contributed by atoms with E-state index in [0.717, 1.165) is 45.9 Å². The molecule has 0 radical (unpaired) electrons. The van der Waals surface area contributed by atoms with Crippen LogP contribution in [0.3, 0.4) is 0 Å². The minimum Gasteiger partial charge on any atom is -0.379 e. The maximum absolute atomic E-state index is 12.2. The number of carbonyl (C=O) groups is 1. The van der Waals surface area contributed by atoms with Gasteiger partial charge in [-0.05, 0) is 25.2 Å². The van der Waals surface area contributed by atoms with Gasteiger partial charge < -0.3 is 15.0 Å². The van der Waals surface area contributed by atoms with E-state index >= 15 is 0 Å². The molecule has 0 bridgehead atoms. The highest BCUT2D eigenvalue weighted by Gasteiger charge is 2.26. The van der Waals surface area contributed by atoms with E-state index in [4.69, 9.17) is 4.74 Å². The number of amides is 2. The first-order valence-electron chi connectivity index (χ1n) is 7.91. The Morgan fingerprint density at radius 1 is 1.25 bits per heavy atom. The molecule has 1 N–H and O–H groups in total. The predicted molar refractivity (Wildman–Crippen MR) is 79.8 cm³/mol. The van der Waals surface area contributed by atoms with Gasteiger partial charge in [-0.3, -0.25) is 4.90 Å². The molecule has 2 saturated heterocycles. The molecule has 0 aromatic carbocycles. The van der Waals surface area contributed by atoms with Crippen molar-refractivity contribution in [3.05, 3.63) is 0 Å². The topological polar surface area (TPSA) is 44.8 Å². The molecule has 3 unspecified atom stereocenters. The molecule has 0 aromatic rings. The standard InChI is InChI=1S/C15H29N3O2/c1-12-8-13(2)11-18(10-12)15(19)16-9-14(3)17-4-6-20-7-5-17/h12-14H,4-11H2,1-3H3,(H,16,19). The Kier molecular flexibility index (Phi) is 5.66. The van der Waals surface area contributed by atoms with Gasteiger partial charge in [0.2, 0.25) is 0 Å². The van der Waals surface area contributed by atoms with E-state index in [0.29, 0.717) is 17.9 Å². The second-order valence-corrected chi connectivity index (χ2v) is 6.53. The van der Waals surface area contributed by atoms with Crippen LogP contribution in [-0.2, 0) is 4.74 Å². The number of likely N-dealkylation sites (tertiary alicyclic amines) is 1. The number of hydrogen-bond donors (Lipinski definition) is 1. The lowest BCUT2D eigenvalue weighted by atomic mass is 9.92.